The van der Waals surface area contributed by atoms with Crippen LogP contribution in [-0.4, -0.2) is 60.6 Å². The van der Waals surface area contributed by atoms with Gasteiger partial charge in [-0.3, -0.25) is 9.59 Å². The van der Waals surface area contributed by atoms with Crippen LogP contribution >= 0.6 is 0 Å². The molecule has 0 atom stereocenters. The van der Waals surface area contributed by atoms with Crippen LogP contribution in [0.15, 0.2) is 36.4 Å². The maximum atomic E-state index is 12.8. The molecule has 0 amide bonds. The summed E-state index contributed by atoms with van der Waals surface area (Å²) in [6, 6.07) is 7.91. The van der Waals surface area contributed by atoms with Gasteiger partial charge in [0.25, 0.3) is 0 Å². The summed E-state index contributed by atoms with van der Waals surface area (Å²) in [4.78, 5) is 30.1. The Labute approximate surface area is 196 Å². The maximum Gasteiger partial charge on any atom is 0.162 e. The molecule has 0 spiro atoms. The van der Waals surface area contributed by atoms with Gasteiger partial charge in [-0.25, -0.2) is 0 Å². The van der Waals surface area contributed by atoms with E-state index >= 15 is 0 Å². The molecule has 0 bridgehead atoms. The van der Waals surface area contributed by atoms with Crippen LogP contribution in [0.5, 0.6) is 0 Å². The molecule has 0 fully saturated rings. The molecule has 1 aromatic carbocycles. The molecule has 0 unspecified atom stereocenters. The second-order valence-corrected chi connectivity index (χ2v) is 9.76. The first-order valence-electron chi connectivity index (χ1n) is 12.0. The van der Waals surface area contributed by atoms with Gasteiger partial charge in [0.15, 0.2) is 11.6 Å². The van der Waals surface area contributed by atoms with Crippen LogP contribution in [0.2, 0.25) is 0 Å². The number of carbonyl (C=O) groups excluding carboxylic acids is 2. The molecule has 1 rings (SSSR count). The first kappa shape index (κ1) is 28.0. The van der Waals surface area contributed by atoms with Crippen molar-refractivity contribution >= 4 is 23.7 Å². The van der Waals surface area contributed by atoms with E-state index in [1.165, 1.54) is 0 Å². The number of hydrogen-bond donors (Lipinski definition) is 0. The number of carbonyl (C=O) groups is 2. The van der Waals surface area contributed by atoms with Crippen molar-refractivity contribution in [2.24, 2.45) is 10.8 Å². The lowest BCUT2D eigenvalue weighted by Gasteiger charge is -2.29. The van der Waals surface area contributed by atoms with Crippen LogP contribution in [0.25, 0.3) is 12.2 Å². The highest BCUT2D eigenvalue weighted by atomic mass is 16.1. The minimum absolute atomic E-state index is 0.124. The Kier molecular flexibility index (Phi) is 11.2. The lowest BCUT2D eigenvalue weighted by Crippen LogP contribution is -2.38. The Morgan fingerprint density at radius 2 is 1.06 bits per heavy atom. The van der Waals surface area contributed by atoms with E-state index in [1.54, 1.807) is 12.2 Å². The number of rotatable bonds is 14. The zero-order valence-electron chi connectivity index (χ0n) is 21.6. The van der Waals surface area contributed by atoms with E-state index < -0.39 is 10.8 Å². The van der Waals surface area contributed by atoms with Gasteiger partial charge in [-0.15, -0.1) is 0 Å². The van der Waals surface area contributed by atoms with Crippen molar-refractivity contribution in [3.63, 3.8) is 0 Å². The number of nitrogens with zero attached hydrogens (tertiary/aromatic N) is 2. The maximum absolute atomic E-state index is 12.8. The van der Waals surface area contributed by atoms with Gasteiger partial charge in [0.2, 0.25) is 0 Å². The molecule has 0 aromatic heterocycles. The molecule has 0 radical (unpaired) electrons. The molecule has 0 saturated carbocycles. The normalized spacial score (nSPS) is 13.1. The Morgan fingerprint density at radius 3 is 1.38 bits per heavy atom. The van der Waals surface area contributed by atoms with Gasteiger partial charge in [0, 0.05) is 23.9 Å². The first-order valence-corrected chi connectivity index (χ1v) is 12.0. The largest absolute Gasteiger partial charge is 0.303 e. The second kappa shape index (κ2) is 12.9. The Bertz CT molecular complexity index is 734. The summed E-state index contributed by atoms with van der Waals surface area (Å²) in [5.41, 5.74) is 1.05. The van der Waals surface area contributed by atoms with Gasteiger partial charge in [-0.2, -0.15) is 0 Å². The first-order chi connectivity index (χ1) is 15.0. The smallest absolute Gasteiger partial charge is 0.162 e. The molecule has 32 heavy (non-hydrogen) atoms. The summed E-state index contributed by atoms with van der Waals surface area (Å²) in [5, 5.41) is 0. The van der Waals surface area contributed by atoms with Crippen molar-refractivity contribution in [3.8, 4) is 0 Å². The lowest BCUT2D eigenvalue weighted by atomic mass is 9.86. The summed E-state index contributed by atoms with van der Waals surface area (Å²) in [5.74, 6) is 0.248. The van der Waals surface area contributed by atoms with Crippen molar-refractivity contribution in [1.82, 2.24) is 9.80 Å². The molecule has 0 N–H and O–H groups in total. The molecule has 4 heteroatoms. The SMILES string of the molecule is CCN(CC)CC(C)(C)C(=O)/C=C/c1cccc(/C=C/C(=O)C(C)(C)CN(CC)CC)c1. The Hall–Kier alpha value is -2.04. The zero-order chi connectivity index (χ0) is 24.4. The van der Waals surface area contributed by atoms with E-state index in [0.29, 0.717) is 0 Å². The van der Waals surface area contributed by atoms with E-state index in [4.69, 9.17) is 0 Å². The van der Waals surface area contributed by atoms with Crippen LogP contribution in [0, 0.1) is 10.8 Å². The summed E-state index contributed by atoms with van der Waals surface area (Å²) < 4.78 is 0. The van der Waals surface area contributed by atoms with Crippen LogP contribution in [0.3, 0.4) is 0 Å². The number of hydrogen-bond acceptors (Lipinski definition) is 4. The van der Waals surface area contributed by atoms with Crippen molar-refractivity contribution in [2.45, 2.75) is 55.4 Å². The lowest BCUT2D eigenvalue weighted by molar-refractivity contribution is -0.123. The average Bonchev–Trinajstić information content (AvgIpc) is 2.77. The fraction of sp³-hybridized carbons (Fsp3) is 0.571. The molecular weight excluding hydrogens is 396 g/mol. The van der Waals surface area contributed by atoms with Crippen molar-refractivity contribution < 1.29 is 9.59 Å². The molecule has 1 aromatic rings. The minimum atomic E-state index is -0.428. The van der Waals surface area contributed by atoms with E-state index in [1.807, 2.05) is 64.1 Å². The third kappa shape index (κ3) is 8.84. The van der Waals surface area contributed by atoms with E-state index in [2.05, 4.69) is 37.5 Å². The molecule has 0 aliphatic rings. The zero-order valence-corrected chi connectivity index (χ0v) is 21.6. The average molecular weight is 441 g/mol. The minimum Gasteiger partial charge on any atom is -0.303 e. The highest BCUT2D eigenvalue weighted by Gasteiger charge is 2.28. The van der Waals surface area contributed by atoms with Crippen molar-refractivity contribution in [3.05, 3.63) is 47.5 Å². The van der Waals surface area contributed by atoms with Crippen LogP contribution in [0.1, 0.15) is 66.5 Å². The predicted molar refractivity (Wildman–Crippen MR) is 138 cm³/mol. The van der Waals surface area contributed by atoms with E-state index in [-0.39, 0.29) is 11.6 Å². The molecule has 0 saturated heterocycles. The fourth-order valence-corrected chi connectivity index (χ4v) is 3.73. The summed E-state index contributed by atoms with van der Waals surface area (Å²) in [6.07, 6.45) is 7.11. The van der Waals surface area contributed by atoms with Gasteiger partial charge in [0.05, 0.1) is 0 Å². The Balaban J connectivity index is 2.87. The quantitative estimate of drug-likeness (QED) is 0.354. The molecule has 178 valence electrons. The standard InChI is InChI=1S/C28H44N2O2/c1-9-29(10-2)21-27(5,6)25(31)18-16-23-14-13-15-24(20-23)17-19-26(32)28(7,8)22-30(11-3)12-4/h13-20H,9-12,21-22H2,1-8H3/b18-16+,19-17+. The molecule has 4 nitrogen and oxygen atoms in total. The van der Waals surface area contributed by atoms with Crippen LogP contribution < -0.4 is 0 Å². The fourth-order valence-electron chi connectivity index (χ4n) is 3.73. The third-order valence-electron chi connectivity index (χ3n) is 6.13. The van der Waals surface area contributed by atoms with Gasteiger partial charge in [-0.1, -0.05) is 85.7 Å². The predicted octanol–water partition coefficient (Wildman–Crippen LogP) is 5.59. The van der Waals surface area contributed by atoms with Crippen LogP contribution in [-0.2, 0) is 9.59 Å². The number of ketones is 2. The molecule has 0 aliphatic carbocycles. The Morgan fingerprint density at radius 1 is 0.719 bits per heavy atom. The molecule has 0 heterocycles. The van der Waals surface area contributed by atoms with Gasteiger partial charge < -0.3 is 9.80 Å². The topological polar surface area (TPSA) is 40.6 Å². The highest BCUT2D eigenvalue weighted by molar-refractivity contribution is 5.98. The van der Waals surface area contributed by atoms with Crippen LogP contribution in [0.4, 0.5) is 0 Å². The third-order valence-corrected chi connectivity index (χ3v) is 6.13. The van der Waals surface area contributed by atoms with Crippen molar-refractivity contribution in [2.75, 3.05) is 39.3 Å². The monoisotopic (exact) mass is 440 g/mol. The summed E-state index contributed by atoms with van der Waals surface area (Å²) in [7, 11) is 0. The van der Waals surface area contributed by atoms with Gasteiger partial charge in [-0.05, 0) is 55.5 Å². The van der Waals surface area contributed by atoms with Gasteiger partial charge >= 0.3 is 0 Å². The number of benzene rings is 1. The number of allylic oxidation sites excluding steroid dienone is 2. The summed E-state index contributed by atoms with van der Waals surface area (Å²) in [6.45, 7) is 21.7. The van der Waals surface area contributed by atoms with Crippen molar-refractivity contribution in [1.29, 1.82) is 0 Å². The highest BCUT2D eigenvalue weighted by Crippen LogP contribution is 2.22. The molecular formula is C28H44N2O2. The second-order valence-electron chi connectivity index (χ2n) is 9.76. The molecule has 0 aliphatic heterocycles. The van der Waals surface area contributed by atoms with E-state index in [9.17, 15) is 9.59 Å². The van der Waals surface area contributed by atoms with Gasteiger partial charge in [0.1, 0.15) is 0 Å². The summed E-state index contributed by atoms with van der Waals surface area (Å²) >= 11 is 0. The van der Waals surface area contributed by atoms with E-state index in [0.717, 1.165) is 50.4 Å².